The summed E-state index contributed by atoms with van der Waals surface area (Å²) in [4.78, 5) is 13.1. The monoisotopic (exact) mass is 279 g/mol. The van der Waals surface area contributed by atoms with Gasteiger partial charge in [0, 0.05) is 40.0 Å². The van der Waals surface area contributed by atoms with E-state index in [4.69, 9.17) is 10.5 Å². The van der Waals surface area contributed by atoms with Crippen molar-refractivity contribution in [1.82, 2.24) is 9.97 Å². The molecule has 0 spiro atoms. The van der Waals surface area contributed by atoms with E-state index in [0.717, 1.165) is 50.7 Å². The number of hydrogen-bond acceptors (Lipinski definition) is 6. The first-order valence-corrected chi connectivity index (χ1v) is 7.27. The van der Waals surface area contributed by atoms with E-state index >= 15 is 0 Å². The van der Waals surface area contributed by atoms with Crippen molar-refractivity contribution in [2.75, 3.05) is 50.1 Å². The number of hydrogen-bond donors (Lipinski definition) is 1. The molecule has 0 radical (unpaired) electrons. The Kier molecular flexibility index (Phi) is 5.55. The Morgan fingerprint density at radius 3 is 2.80 bits per heavy atom. The van der Waals surface area contributed by atoms with Crippen LogP contribution in [0.25, 0.3) is 0 Å². The fourth-order valence-electron chi connectivity index (χ4n) is 2.32. The summed E-state index contributed by atoms with van der Waals surface area (Å²) in [6.45, 7) is 3.45. The van der Waals surface area contributed by atoms with Crippen molar-refractivity contribution in [2.45, 2.75) is 25.4 Å². The zero-order valence-electron chi connectivity index (χ0n) is 12.5. The number of aromatic nitrogens is 2. The molecule has 112 valence electrons. The Balaban J connectivity index is 1.85. The summed E-state index contributed by atoms with van der Waals surface area (Å²) in [5.74, 6) is 1.76. The summed E-state index contributed by atoms with van der Waals surface area (Å²) >= 11 is 0. The van der Waals surface area contributed by atoms with Crippen molar-refractivity contribution in [1.29, 1.82) is 0 Å². The maximum Gasteiger partial charge on any atom is 0.226 e. The number of piperidine rings is 1. The smallest absolute Gasteiger partial charge is 0.226 e. The summed E-state index contributed by atoms with van der Waals surface area (Å²) in [5, 5.41) is 0. The fourth-order valence-corrected chi connectivity index (χ4v) is 2.32. The van der Waals surface area contributed by atoms with Gasteiger partial charge in [-0.15, -0.1) is 0 Å². The average molecular weight is 279 g/mol. The third kappa shape index (κ3) is 4.05. The lowest BCUT2D eigenvalue weighted by atomic mass is 10.1. The lowest BCUT2D eigenvalue weighted by molar-refractivity contribution is 0.0365. The van der Waals surface area contributed by atoms with Gasteiger partial charge in [-0.3, -0.25) is 0 Å². The van der Waals surface area contributed by atoms with Crippen LogP contribution in [0, 0.1) is 0 Å². The third-order valence-corrected chi connectivity index (χ3v) is 3.50. The number of anilines is 2. The fraction of sp³-hybridized carbons (Fsp3) is 0.714. The standard InChI is InChI=1S/C14H25N5O/c1-18(2)14-16-8-4-13(17-14)19-9-5-12(6-10-19)20-11-3-7-15/h4,8,12H,3,5-7,9-11,15H2,1-2H3. The summed E-state index contributed by atoms with van der Waals surface area (Å²) < 4.78 is 5.82. The summed E-state index contributed by atoms with van der Waals surface area (Å²) in [7, 11) is 3.91. The molecule has 0 aromatic carbocycles. The molecule has 0 unspecified atom stereocenters. The van der Waals surface area contributed by atoms with E-state index < -0.39 is 0 Å². The van der Waals surface area contributed by atoms with Crippen LogP contribution >= 0.6 is 0 Å². The van der Waals surface area contributed by atoms with Crippen LogP contribution in [-0.4, -0.2) is 56.4 Å². The van der Waals surface area contributed by atoms with Gasteiger partial charge < -0.3 is 20.3 Å². The second-order valence-electron chi connectivity index (χ2n) is 5.31. The Morgan fingerprint density at radius 1 is 1.40 bits per heavy atom. The largest absolute Gasteiger partial charge is 0.378 e. The molecule has 0 atom stereocenters. The maximum atomic E-state index is 5.82. The molecule has 0 aliphatic carbocycles. The highest BCUT2D eigenvalue weighted by Gasteiger charge is 2.20. The predicted molar refractivity (Wildman–Crippen MR) is 81.2 cm³/mol. The minimum atomic E-state index is 0.368. The van der Waals surface area contributed by atoms with Crippen molar-refractivity contribution in [2.24, 2.45) is 5.73 Å². The number of nitrogens with zero attached hydrogens (tertiary/aromatic N) is 4. The molecule has 6 nitrogen and oxygen atoms in total. The molecule has 20 heavy (non-hydrogen) atoms. The molecule has 1 aromatic heterocycles. The van der Waals surface area contributed by atoms with E-state index in [1.54, 1.807) is 0 Å². The van der Waals surface area contributed by atoms with Gasteiger partial charge >= 0.3 is 0 Å². The van der Waals surface area contributed by atoms with Crippen LogP contribution in [0.15, 0.2) is 12.3 Å². The maximum absolute atomic E-state index is 5.82. The zero-order chi connectivity index (χ0) is 14.4. The van der Waals surface area contributed by atoms with Crippen LogP contribution in [0.5, 0.6) is 0 Å². The normalized spacial score (nSPS) is 16.4. The summed E-state index contributed by atoms with van der Waals surface area (Å²) in [5.41, 5.74) is 5.47. The molecule has 1 aromatic rings. The van der Waals surface area contributed by atoms with E-state index in [9.17, 15) is 0 Å². The van der Waals surface area contributed by atoms with Crippen molar-refractivity contribution < 1.29 is 4.74 Å². The molecule has 0 saturated carbocycles. The highest BCUT2D eigenvalue weighted by atomic mass is 16.5. The topological polar surface area (TPSA) is 67.5 Å². The first kappa shape index (κ1) is 15.0. The van der Waals surface area contributed by atoms with Gasteiger partial charge in [0.2, 0.25) is 5.95 Å². The van der Waals surface area contributed by atoms with Crippen LogP contribution < -0.4 is 15.5 Å². The average Bonchev–Trinajstić information content (AvgIpc) is 2.48. The van der Waals surface area contributed by atoms with Gasteiger partial charge in [-0.25, -0.2) is 4.98 Å². The number of nitrogens with two attached hydrogens (primary N) is 1. The Hall–Kier alpha value is -1.40. The summed E-state index contributed by atoms with van der Waals surface area (Å²) in [6, 6.07) is 1.97. The SMILES string of the molecule is CN(C)c1nccc(N2CCC(OCCCN)CC2)n1. The highest BCUT2D eigenvalue weighted by Crippen LogP contribution is 2.20. The molecular weight excluding hydrogens is 254 g/mol. The van der Waals surface area contributed by atoms with E-state index in [-0.39, 0.29) is 0 Å². The second kappa shape index (κ2) is 7.40. The second-order valence-corrected chi connectivity index (χ2v) is 5.31. The van der Waals surface area contributed by atoms with Gasteiger partial charge in [0.05, 0.1) is 6.10 Å². The van der Waals surface area contributed by atoms with Crippen LogP contribution in [0.4, 0.5) is 11.8 Å². The number of ether oxygens (including phenoxy) is 1. The van der Waals surface area contributed by atoms with Crippen molar-refractivity contribution >= 4 is 11.8 Å². The van der Waals surface area contributed by atoms with Crippen molar-refractivity contribution in [3.63, 3.8) is 0 Å². The van der Waals surface area contributed by atoms with Gasteiger partial charge in [-0.1, -0.05) is 0 Å². The van der Waals surface area contributed by atoms with Crippen LogP contribution in [0.3, 0.4) is 0 Å². The molecule has 0 bridgehead atoms. The molecule has 2 rings (SSSR count). The third-order valence-electron chi connectivity index (χ3n) is 3.50. The van der Waals surface area contributed by atoms with Gasteiger partial charge in [0.15, 0.2) is 0 Å². The predicted octanol–water partition coefficient (Wildman–Crippen LogP) is 0.877. The first-order chi connectivity index (χ1) is 9.70. The number of rotatable bonds is 6. The molecular formula is C14H25N5O. The first-order valence-electron chi connectivity index (χ1n) is 7.27. The minimum absolute atomic E-state index is 0.368. The van der Waals surface area contributed by atoms with Crippen LogP contribution in [-0.2, 0) is 4.74 Å². The Morgan fingerprint density at radius 2 is 2.15 bits per heavy atom. The zero-order valence-corrected chi connectivity index (χ0v) is 12.5. The molecule has 1 saturated heterocycles. The molecule has 0 amide bonds. The van der Waals surface area contributed by atoms with Gasteiger partial charge in [-0.05, 0) is 31.9 Å². The van der Waals surface area contributed by atoms with E-state index in [1.165, 1.54) is 0 Å². The Labute approximate surface area is 120 Å². The Bertz CT molecular complexity index is 404. The molecule has 1 aliphatic heterocycles. The lowest BCUT2D eigenvalue weighted by Crippen LogP contribution is -2.38. The van der Waals surface area contributed by atoms with E-state index in [2.05, 4.69) is 14.9 Å². The summed E-state index contributed by atoms with van der Waals surface area (Å²) in [6.07, 6.45) is 5.23. The van der Waals surface area contributed by atoms with Crippen molar-refractivity contribution in [3.05, 3.63) is 12.3 Å². The molecule has 1 aliphatic rings. The van der Waals surface area contributed by atoms with E-state index in [1.807, 2.05) is 31.3 Å². The van der Waals surface area contributed by atoms with Gasteiger partial charge in [-0.2, -0.15) is 4.98 Å². The van der Waals surface area contributed by atoms with Crippen LogP contribution in [0.1, 0.15) is 19.3 Å². The minimum Gasteiger partial charge on any atom is -0.378 e. The quantitative estimate of drug-likeness (QED) is 0.780. The van der Waals surface area contributed by atoms with Gasteiger partial charge in [0.1, 0.15) is 5.82 Å². The molecule has 2 heterocycles. The van der Waals surface area contributed by atoms with Crippen LogP contribution in [0.2, 0.25) is 0 Å². The van der Waals surface area contributed by atoms with Crippen molar-refractivity contribution in [3.8, 4) is 0 Å². The highest BCUT2D eigenvalue weighted by molar-refractivity contribution is 5.43. The molecule has 1 fully saturated rings. The lowest BCUT2D eigenvalue weighted by Gasteiger charge is -2.33. The molecule has 6 heteroatoms. The molecule has 2 N–H and O–H groups in total. The van der Waals surface area contributed by atoms with Gasteiger partial charge in [0.25, 0.3) is 0 Å². The van der Waals surface area contributed by atoms with E-state index in [0.29, 0.717) is 12.6 Å².